The minimum absolute atomic E-state index is 0.0586. The molecule has 0 unspecified atom stereocenters. The largest absolute Gasteiger partial charge is 0.497 e. The van der Waals surface area contributed by atoms with Crippen LogP contribution in [-0.2, 0) is 6.54 Å². The minimum Gasteiger partial charge on any atom is -0.497 e. The van der Waals surface area contributed by atoms with E-state index in [0.717, 1.165) is 16.9 Å². The van der Waals surface area contributed by atoms with Crippen LogP contribution >= 0.6 is 12.2 Å². The van der Waals surface area contributed by atoms with Crippen LogP contribution in [0.1, 0.15) is 24.1 Å². The van der Waals surface area contributed by atoms with Gasteiger partial charge in [-0.3, -0.25) is 0 Å². The summed E-state index contributed by atoms with van der Waals surface area (Å²) in [5, 5.41) is 6.89. The first kappa shape index (κ1) is 16.2. The molecule has 0 saturated heterocycles. The average Bonchev–Trinajstić information content (AvgIpc) is 2.54. The molecule has 2 aromatic rings. The van der Waals surface area contributed by atoms with Gasteiger partial charge in [0.1, 0.15) is 11.6 Å². The molecule has 2 N–H and O–H groups in total. The highest BCUT2D eigenvalue weighted by molar-refractivity contribution is 7.80. The highest BCUT2D eigenvalue weighted by Crippen LogP contribution is 2.18. The Morgan fingerprint density at radius 3 is 2.64 bits per heavy atom. The second-order valence-electron chi connectivity index (χ2n) is 4.95. The van der Waals surface area contributed by atoms with Crippen molar-refractivity contribution in [1.82, 2.24) is 10.6 Å². The van der Waals surface area contributed by atoms with Crippen molar-refractivity contribution in [2.45, 2.75) is 19.5 Å². The van der Waals surface area contributed by atoms with Gasteiger partial charge in [-0.2, -0.15) is 0 Å². The predicted octanol–water partition coefficient (Wildman–Crippen LogP) is 3.56. The van der Waals surface area contributed by atoms with Crippen LogP contribution in [-0.4, -0.2) is 12.2 Å². The highest BCUT2D eigenvalue weighted by atomic mass is 32.1. The van der Waals surface area contributed by atoms with Crippen molar-refractivity contribution >= 4 is 17.3 Å². The van der Waals surface area contributed by atoms with Crippen molar-refractivity contribution in [2.75, 3.05) is 7.11 Å². The van der Waals surface area contributed by atoms with Gasteiger partial charge in [0.2, 0.25) is 0 Å². The summed E-state index contributed by atoms with van der Waals surface area (Å²) in [4.78, 5) is 0. The fourth-order valence-corrected chi connectivity index (χ4v) is 2.28. The summed E-state index contributed by atoms with van der Waals surface area (Å²) in [7, 11) is 1.64. The molecule has 0 bridgehead atoms. The normalized spacial score (nSPS) is 11.6. The molecular formula is C17H19FN2OS. The average molecular weight is 318 g/mol. The molecule has 5 heteroatoms. The second kappa shape index (κ2) is 7.75. The van der Waals surface area contributed by atoms with Crippen molar-refractivity contribution in [2.24, 2.45) is 0 Å². The Morgan fingerprint density at radius 2 is 1.95 bits per heavy atom. The van der Waals surface area contributed by atoms with E-state index in [-0.39, 0.29) is 11.9 Å². The monoisotopic (exact) mass is 318 g/mol. The van der Waals surface area contributed by atoms with Crippen LogP contribution in [0.15, 0.2) is 48.5 Å². The van der Waals surface area contributed by atoms with E-state index in [0.29, 0.717) is 11.7 Å². The van der Waals surface area contributed by atoms with Crippen LogP contribution in [0.5, 0.6) is 5.75 Å². The first-order valence-electron chi connectivity index (χ1n) is 7.01. The summed E-state index contributed by atoms with van der Waals surface area (Å²) >= 11 is 5.29. The number of benzene rings is 2. The van der Waals surface area contributed by atoms with E-state index in [9.17, 15) is 4.39 Å². The van der Waals surface area contributed by atoms with Crippen LogP contribution in [0, 0.1) is 5.82 Å². The van der Waals surface area contributed by atoms with Gasteiger partial charge >= 0.3 is 0 Å². The molecule has 0 aliphatic carbocycles. The molecule has 2 rings (SSSR count). The summed E-state index contributed by atoms with van der Waals surface area (Å²) in [6.45, 7) is 2.58. The molecule has 116 valence electrons. The number of hydrogen-bond donors (Lipinski definition) is 2. The van der Waals surface area contributed by atoms with Crippen molar-refractivity contribution in [3.8, 4) is 5.75 Å². The summed E-state index contributed by atoms with van der Waals surface area (Å²) in [5.74, 6) is 0.576. The van der Waals surface area contributed by atoms with Crippen LogP contribution in [0.3, 0.4) is 0 Å². The van der Waals surface area contributed by atoms with E-state index >= 15 is 0 Å². The zero-order valence-electron chi connectivity index (χ0n) is 12.6. The van der Waals surface area contributed by atoms with E-state index in [2.05, 4.69) is 10.6 Å². The van der Waals surface area contributed by atoms with Gasteiger partial charge in [0.25, 0.3) is 0 Å². The van der Waals surface area contributed by atoms with Crippen LogP contribution in [0.2, 0.25) is 0 Å². The molecule has 0 aliphatic rings. The fraction of sp³-hybridized carbons (Fsp3) is 0.235. The zero-order valence-corrected chi connectivity index (χ0v) is 13.4. The molecule has 1 atom stereocenters. The SMILES string of the molecule is COc1cccc([C@@H](C)NC(=S)NCc2ccc(F)cc2)c1. The number of hydrogen-bond acceptors (Lipinski definition) is 2. The van der Waals surface area contributed by atoms with E-state index in [1.54, 1.807) is 19.2 Å². The molecule has 0 heterocycles. The van der Waals surface area contributed by atoms with E-state index in [4.69, 9.17) is 17.0 Å². The van der Waals surface area contributed by atoms with Crippen molar-refractivity contribution in [3.63, 3.8) is 0 Å². The van der Waals surface area contributed by atoms with Gasteiger partial charge in [-0.15, -0.1) is 0 Å². The first-order chi connectivity index (χ1) is 10.6. The number of rotatable bonds is 5. The summed E-state index contributed by atoms with van der Waals surface area (Å²) in [6, 6.07) is 14.2. The minimum atomic E-state index is -0.240. The Bertz CT molecular complexity index is 631. The van der Waals surface area contributed by atoms with Gasteiger partial charge in [0.05, 0.1) is 13.2 Å². The van der Waals surface area contributed by atoms with Gasteiger partial charge in [-0.1, -0.05) is 24.3 Å². The summed E-state index contributed by atoms with van der Waals surface area (Å²) in [5.41, 5.74) is 2.06. The number of ether oxygens (including phenoxy) is 1. The topological polar surface area (TPSA) is 33.3 Å². The smallest absolute Gasteiger partial charge is 0.167 e. The molecule has 0 aliphatic heterocycles. The summed E-state index contributed by atoms with van der Waals surface area (Å²) < 4.78 is 18.1. The molecule has 0 fully saturated rings. The predicted molar refractivity (Wildman–Crippen MR) is 90.4 cm³/mol. The Balaban J connectivity index is 1.86. The van der Waals surface area contributed by atoms with Crippen LogP contribution in [0.25, 0.3) is 0 Å². The molecule has 0 radical (unpaired) electrons. The quantitative estimate of drug-likeness (QED) is 0.826. The van der Waals surface area contributed by atoms with E-state index in [1.165, 1.54) is 12.1 Å². The third-order valence-corrected chi connectivity index (χ3v) is 3.57. The maximum atomic E-state index is 12.8. The number of thiocarbonyl (C=S) groups is 1. The van der Waals surface area contributed by atoms with Crippen LogP contribution < -0.4 is 15.4 Å². The lowest BCUT2D eigenvalue weighted by Crippen LogP contribution is -2.36. The van der Waals surface area contributed by atoms with Crippen molar-refractivity contribution in [3.05, 3.63) is 65.5 Å². The van der Waals surface area contributed by atoms with Crippen LogP contribution in [0.4, 0.5) is 4.39 Å². The van der Waals surface area contributed by atoms with E-state index < -0.39 is 0 Å². The molecular weight excluding hydrogens is 299 g/mol. The third kappa shape index (κ3) is 4.70. The fourth-order valence-electron chi connectivity index (χ4n) is 2.03. The Kier molecular flexibility index (Phi) is 5.72. The number of halogens is 1. The third-order valence-electron chi connectivity index (χ3n) is 3.31. The van der Waals surface area contributed by atoms with Gasteiger partial charge in [0, 0.05) is 6.54 Å². The van der Waals surface area contributed by atoms with Gasteiger partial charge in [0.15, 0.2) is 5.11 Å². The van der Waals surface area contributed by atoms with Gasteiger partial charge in [-0.25, -0.2) is 4.39 Å². The molecule has 2 aromatic carbocycles. The Labute approximate surface area is 135 Å². The molecule has 0 saturated carbocycles. The molecule has 0 aromatic heterocycles. The highest BCUT2D eigenvalue weighted by Gasteiger charge is 2.07. The van der Waals surface area contributed by atoms with E-state index in [1.807, 2.05) is 31.2 Å². The number of methoxy groups -OCH3 is 1. The second-order valence-corrected chi connectivity index (χ2v) is 5.36. The molecule has 3 nitrogen and oxygen atoms in total. The van der Waals surface area contributed by atoms with Crippen molar-refractivity contribution in [1.29, 1.82) is 0 Å². The zero-order chi connectivity index (χ0) is 15.9. The number of nitrogens with one attached hydrogen (secondary N) is 2. The molecule has 0 amide bonds. The Morgan fingerprint density at radius 1 is 1.23 bits per heavy atom. The standard InChI is InChI=1S/C17H19FN2OS/c1-12(14-4-3-5-16(10-14)21-2)20-17(22)19-11-13-6-8-15(18)9-7-13/h3-10,12H,11H2,1-2H3,(H2,19,20,22)/t12-/m1/s1. The van der Waals surface area contributed by atoms with Gasteiger partial charge in [-0.05, 0) is 54.5 Å². The first-order valence-corrected chi connectivity index (χ1v) is 7.42. The molecule has 22 heavy (non-hydrogen) atoms. The lowest BCUT2D eigenvalue weighted by molar-refractivity contribution is 0.413. The van der Waals surface area contributed by atoms with Gasteiger partial charge < -0.3 is 15.4 Å². The Hall–Kier alpha value is -2.14. The lowest BCUT2D eigenvalue weighted by Gasteiger charge is -2.18. The maximum Gasteiger partial charge on any atom is 0.167 e. The molecule has 0 spiro atoms. The van der Waals surface area contributed by atoms with Crippen molar-refractivity contribution < 1.29 is 9.13 Å². The summed E-state index contributed by atoms with van der Waals surface area (Å²) in [6.07, 6.45) is 0. The lowest BCUT2D eigenvalue weighted by atomic mass is 10.1. The maximum absolute atomic E-state index is 12.8.